The largest absolute Gasteiger partial charge is 0.379 e. The Labute approximate surface area is 231 Å². The van der Waals surface area contributed by atoms with Crippen LogP contribution in [0, 0.1) is 0 Å². The minimum absolute atomic E-state index is 0.0498. The van der Waals surface area contributed by atoms with E-state index in [1.165, 1.54) is 23.0 Å². The summed E-state index contributed by atoms with van der Waals surface area (Å²) in [5.41, 5.74) is 4.78. The lowest BCUT2D eigenvalue weighted by atomic mass is 9.79. The van der Waals surface area contributed by atoms with Gasteiger partial charge in [-0.1, -0.05) is 31.2 Å². The van der Waals surface area contributed by atoms with Crippen LogP contribution >= 0.6 is 11.8 Å². The zero-order chi connectivity index (χ0) is 26.7. The lowest BCUT2D eigenvalue weighted by Crippen LogP contribution is -2.48. The first kappa shape index (κ1) is 27.0. The van der Waals surface area contributed by atoms with Crippen LogP contribution in [-0.4, -0.2) is 72.4 Å². The van der Waals surface area contributed by atoms with Gasteiger partial charge in [0.2, 0.25) is 0 Å². The van der Waals surface area contributed by atoms with E-state index in [2.05, 4.69) is 61.8 Å². The van der Waals surface area contributed by atoms with E-state index >= 15 is 0 Å². The van der Waals surface area contributed by atoms with E-state index in [-0.39, 0.29) is 11.4 Å². The van der Waals surface area contributed by atoms with Gasteiger partial charge >= 0.3 is 0 Å². The number of amides is 1. The predicted molar refractivity (Wildman–Crippen MR) is 159 cm³/mol. The maximum absolute atomic E-state index is 13.6. The monoisotopic (exact) mass is 532 g/mol. The van der Waals surface area contributed by atoms with Crippen LogP contribution in [0.25, 0.3) is 6.08 Å². The van der Waals surface area contributed by atoms with Crippen molar-refractivity contribution < 1.29 is 9.53 Å². The Morgan fingerprint density at radius 2 is 1.87 bits per heavy atom. The Balaban J connectivity index is 1.39. The number of hydrogen-bond acceptors (Lipinski definition) is 6. The molecule has 3 aliphatic heterocycles. The Kier molecular flexibility index (Phi) is 8.26. The highest BCUT2D eigenvalue weighted by molar-refractivity contribution is 8.18. The number of hydrogen-bond donors (Lipinski definition) is 0. The molecule has 0 bridgehead atoms. The molecule has 2 fully saturated rings. The van der Waals surface area contributed by atoms with Crippen LogP contribution in [0.5, 0.6) is 0 Å². The number of para-hydroxylation sites is 1. The fourth-order valence-electron chi connectivity index (χ4n) is 6.03. The first-order valence-electron chi connectivity index (χ1n) is 13.9. The second kappa shape index (κ2) is 11.6. The molecule has 3 aliphatic rings. The van der Waals surface area contributed by atoms with Crippen LogP contribution < -0.4 is 4.90 Å². The molecule has 7 heteroatoms. The Bertz CT molecular complexity index is 1200. The number of benzene rings is 2. The number of carbonyl (C=O) groups excluding carboxylic acids is 1. The summed E-state index contributed by atoms with van der Waals surface area (Å²) in [6.45, 7) is 15.3. The average Bonchev–Trinajstić information content (AvgIpc) is 3.19. The molecule has 0 radical (unpaired) electrons. The number of ether oxygens (including phenoxy) is 1. The molecular formula is C31H40N4O2S. The second-order valence-electron chi connectivity index (χ2n) is 11.1. The molecule has 0 saturated carbocycles. The lowest BCUT2D eigenvalue weighted by Gasteiger charge is -2.47. The summed E-state index contributed by atoms with van der Waals surface area (Å²) in [6.07, 6.45) is 4.08. The van der Waals surface area contributed by atoms with Crippen molar-refractivity contribution in [2.24, 2.45) is 4.99 Å². The SMILES string of the molecule is CCN1c2ccc(/C=C3/SC(=Nc4ccccc4)N(CCCN4CCOCC4)C3=O)cc2C(C)CC1(C)C. The van der Waals surface area contributed by atoms with E-state index < -0.39 is 0 Å². The van der Waals surface area contributed by atoms with Gasteiger partial charge in [0.15, 0.2) is 5.17 Å². The molecule has 0 spiro atoms. The molecule has 5 rings (SSSR count). The molecule has 202 valence electrons. The van der Waals surface area contributed by atoms with Gasteiger partial charge in [-0.3, -0.25) is 14.6 Å². The molecule has 38 heavy (non-hydrogen) atoms. The van der Waals surface area contributed by atoms with Crippen molar-refractivity contribution in [3.8, 4) is 0 Å². The Morgan fingerprint density at radius 3 is 2.61 bits per heavy atom. The Morgan fingerprint density at radius 1 is 1.11 bits per heavy atom. The number of carbonyl (C=O) groups is 1. The molecule has 2 aromatic rings. The quantitative estimate of drug-likeness (QED) is 0.402. The van der Waals surface area contributed by atoms with E-state index in [9.17, 15) is 4.79 Å². The van der Waals surface area contributed by atoms with Crippen molar-refractivity contribution in [3.05, 3.63) is 64.6 Å². The summed E-state index contributed by atoms with van der Waals surface area (Å²) in [5, 5.41) is 0.764. The summed E-state index contributed by atoms with van der Waals surface area (Å²) in [5.74, 6) is 0.522. The van der Waals surface area contributed by atoms with Gasteiger partial charge in [-0.05, 0) is 92.8 Å². The van der Waals surface area contributed by atoms with Gasteiger partial charge in [0.05, 0.1) is 23.8 Å². The van der Waals surface area contributed by atoms with Gasteiger partial charge in [0, 0.05) is 44.0 Å². The van der Waals surface area contributed by atoms with E-state index in [0.717, 1.165) is 73.6 Å². The lowest BCUT2D eigenvalue weighted by molar-refractivity contribution is -0.122. The van der Waals surface area contributed by atoms with Crippen molar-refractivity contribution in [1.29, 1.82) is 0 Å². The first-order valence-corrected chi connectivity index (χ1v) is 14.7. The third-order valence-electron chi connectivity index (χ3n) is 7.85. The molecule has 1 atom stereocenters. The highest BCUT2D eigenvalue weighted by Gasteiger charge is 2.36. The average molecular weight is 533 g/mol. The van der Waals surface area contributed by atoms with Crippen LogP contribution in [-0.2, 0) is 9.53 Å². The second-order valence-corrected chi connectivity index (χ2v) is 12.1. The van der Waals surface area contributed by atoms with Crippen LogP contribution in [0.1, 0.15) is 57.6 Å². The number of morpholine rings is 1. The molecule has 3 heterocycles. The number of thioether (sulfide) groups is 1. The van der Waals surface area contributed by atoms with Gasteiger partial charge in [-0.2, -0.15) is 0 Å². The van der Waals surface area contributed by atoms with Gasteiger partial charge in [-0.15, -0.1) is 0 Å². The van der Waals surface area contributed by atoms with Crippen LogP contribution in [0.2, 0.25) is 0 Å². The molecule has 1 unspecified atom stereocenters. The van der Waals surface area contributed by atoms with Crippen molar-refractivity contribution in [1.82, 2.24) is 9.80 Å². The summed E-state index contributed by atoms with van der Waals surface area (Å²) in [7, 11) is 0. The normalized spacial score (nSPS) is 23.9. The predicted octanol–water partition coefficient (Wildman–Crippen LogP) is 6.13. The Hall–Kier alpha value is -2.61. The zero-order valence-electron chi connectivity index (χ0n) is 23.2. The molecule has 0 aliphatic carbocycles. The highest BCUT2D eigenvalue weighted by Crippen LogP contribution is 2.44. The number of anilines is 1. The first-order chi connectivity index (χ1) is 18.4. The third kappa shape index (κ3) is 5.85. The molecule has 1 amide bonds. The maximum Gasteiger partial charge on any atom is 0.266 e. The highest BCUT2D eigenvalue weighted by atomic mass is 32.2. The maximum atomic E-state index is 13.6. The van der Waals surface area contributed by atoms with Crippen molar-refractivity contribution >= 4 is 40.3 Å². The molecule has 0 N–H and O–H groups in total. The summed E-state index contributed by atoms with van der Waals surface area (Å²) >= 11 is 1.49. The van der Waals surface area contributed by atoms with Crippen molar-refractivity contribution in [2.75, 3.05) is 50.8 Å². The third-order valence-corrected chi connectivity index (χ3v) is 8.86. The number of aliphatic imine (C=N–C) groups is 1. The molecule has 2 aromatic carbocycles. The van der Waals surface area contributed by atoms with Crippen LogP contribution in [0.15, 0.2) is 58.4 Å². The van der Waals surface area contributed by atoms with E-state index in [4.69, 9.17) is 9.73 Å². The number of rotatable bonds is 7. The summed E-state index contributed by atoms with van der Waals surface area (Å²) < 4.78 is 5.48. The van der Waals surface area contributed by atoms with E-state index in [0.29, 0.717) is 12.5 Å². The fourth-order valence-corrected chi connectivity index (χ4v) is 7.05. The van der Waals surface area contributed by atoms with Crippen LogP contribution in [0.4, 0.5) is 11.4 Å². The minimum atomic E-state index is 0.0498. The topological polar surface area (TPSA) is 48.4 Å². The molecule has 0 aromatic heterocycles. The number of amidine groups is 1. The smallest absolute Gasteiger partial charge is 0.266 e. The van der Waals surface area contributed by atoms with E-state index in [1.54, 1.807) is 0 Å². The number of nitrogens with zero attached hydrogens (tertiary/aromatic N) is 4. The molecule has 6 nitrogen and oxygen atoms in total. The summed E-state index contributed by atoms with van der Waals surface area (Å²) in [6, 6.07) is 16.6. The van der Waals surface area contributed by atoms with Crippen molar-refractivity contribution in [3.63, 3.8) is 0 Å². The number of fused-ring (bicyclic) bond motifs is 1. The molecule has 2 saturated heterocycles. The van der Waals surface area contributed by atoms with Gasteiger partial charge < -0.3 is 9.64 Å². The van der Waals surface area contributed by atoms with Gasteiger partial charge in [0.1, 0.15) is 0 Å². The van der Waals surface area contributed by atoms with Crippen molar-refractivity contribution in [2.45, 2.75) is 52.0 Å². The van der Waals surface area contributed by atoms with Gasteiger partial charge in [0.25, 0.3) is 5.91 Å². The van der Waals surface area contributed by atoms with E-state index in [1.807, 2.05) is 35.2 Å². The minimum Gasteiger partial charge on any atom is -0.379 e. The standard InChI is InChI=1S/C31H40N4O2S/c1-5-35-27-13-12-24(20-26(27)23(2)22-31(35,3)4)21-28-29(36)34(15-9-14-33-16-18-37-19-17-33)30(38-28)32-25-10-7-6-8-11-25/h6-8,10-13,20-21,23H,5,9,14-19,22H2,1-4H3/b28-21+,32-30?. The van der Waals surface area contributed by atoms with Gasteiger partial charge in [-0.25, -0.2) is 4.99 Å². The zero-order valence-corrected chi connectivity index (χ0v) is 24.0. The summed E-state index contributed by atoms with van der Waals surface area (Å²) in [4.78, 5) is 26.0. The molecular weight excluding hydrogens is 492 g/mol. The van der Waals surface area contributed by atoms with Crippen LogP contribution in [0.3, 0.4) is 0 Å². The fraction of sp³-hybridized carbons (Fsp3) is 0.484.